The molecule has 0 N–H and O–H groups in total. The number of likely N-dealkylation sites (N-methyl/N-ethyl adjacent to an activating group) is 1. The quantitative estimate of drug-likeness (QED) is 0.870. The van der Waals surface area contributed by atoms with Crippen molar-refractivity contribution in [3.8, 4) is 0 Å². The van der Waals surface area contributed by atoms with Gasteiger partial charge in [-0.25, -0.2) is 15.0 Å². The predicted octanol–water partition coefficient (Wildman–Crippen LogP) is 3.11. The third kappa shape index (κ3) is 3.07. The molecule has 5 heteroatoms. The fourth-order valence-corrected chi connectivity index (χ4v) is 3.64. The molecule has 0 fully saturated rings. The van der Waals surface area contributed by atoms with Crippen LogP contribution >= 0.6 is 11.3 Å². The van der Waals surface area contributed by atoms with Gasteiger partial charge in [-0.15, -0.1) is 11.3 Å². The Morgan fingerprint density at radius 2 is 1.95 bits per heavy atom. The Hall–Kier alpha value is -1.49. The average Bonchev–Trinajstić information content (AvgIpc) is 2.90. The molecule has 112 valence electrons. The summed E-state index contributed by atoms with van der Waals surface area (Å²) in [7, 11) is 2.08. The second kappa shape index (κ2) is 6.10. The van der Waals surface area contributed by atoms with Gasteiger partial charge in [0.25, 0.3) is 0 Å². The molecule has 0 saturated heterocycles. The van der Waals surface area contributed by atoms with Crippen LogP contribution in [0.5, 0.6) is 0 Å². The lowest BCUT2D eigenvalue weighted by Gasteiger charge is -2.22. The van der Waals surface area contributed by atoms with Crippen LogP contribution in [0.15, 0.2) is 5.51 Å². The molecule has 0 bridgehead atoms. The maximum Gasteiger partial charge on any atom is 0.225 e. The van der Waals surface area contributed by atoms with Gasteiger partial charge in [-0.3, -0.25) is 0 Å². The van der Waals surface area contributed by atoms with Crippen LogP contribution in [0.2, 0.25) is 0 Å². The van der Waals surface area contributed by atoms with Crippen molar-refractivity contribution < 1.29 is 0 Å². The van der Waals surface area contributed by atoms with Crippen LogP contribution in [0.3, 0.4) is 0 Å². The van der Waals surface area contributed by atoms with E-state index in [2.05, 4.69) is 30.8 Å². The van der Waals surface area contributed by atoms with Crippen molar-refractivity contribution >= 4 is 17.3 Å². The van der Waals surface area contributed by atoms with E-state index in [0.717, 1.165) is 43.1 Å². The highest BCUT2D eigenvalue weighted by atomic mass is 32.1. The normalized spacial score (nSPS) is 14.0. The summed E-state index contributed by atoms with van der Waals surface area (Å²) in [6, 6.07) is 0. The number of fused-ring (bicyclic) bond motifs is 1. The Labute approximate surface area is 130 Å². The van der Waals surface area contributed by atoms with Crippen LogP contribution in [-0.2, 0) is 19.3 Å². The second-order valence-corrected chi connectivity index (χ2v) is 6.71. The Morgan fingerprint density at radius 3 is 2.71 bits per heavy atom. The summed E-state index contributed by atoms with van der Waals surface area (Å²) < 4.78 is 0. The zero-order valence-electron chi connectivity index (χ0n) is 13.0. The molecule has 0 amide bonds. The minimum absolute atomic E-state index is 0.871. The molecule has 2 heterocycles. The summed E-state index contributed by atoms with van der Waals surface area (Å²) >= 11 is 1.73. The molecule has 2 aromatic heterocycles. The fraction of sp³-hybridized carbons (Fsp3) is 0.562. The number of rotatable bonds is 4. The van der Waals surface area contributed by atoms with Gasteiger partial charge in [-0.1, -0.05) is 0 Å². The average molecular weight is 302 g/mol. The summed E-state index contributed by atoms with van der Waals surface area (Å²) in [6.07, 6.45) is 5.79. The lowest BCUT2D eigenvalue weighted by atomic mass is 9.95. The van der Waals surface area contributed by atoms with Crippen molar-refractivity contribution in [2.75, 3.05) is 18.5 Å². The molecule has 1 aliphatic carbocycles. The number of anilines is 1. The summed E-state index contributed by atoms with van der Waals surface area (Å²) in [5, 5.41) is 0. The summed E-state index contributed by atoms with van der Waals surface area (Å²) in [4.78, 5) is 17.3. The van der Waals surface area contributed by atoms with Crippen molar-refractivity contribution in [2.24, 2.45) is 0 Å². The molecule has 0 spiro atoms. The Kier molecular flexibility index (Phi) is 4.19. The largest absolute Gasteiger partial charge is 0.344 e. The van der Waals surface area contributed by atoms with Crippen molar-refractivity contribution in [1.29, 1.82) is 0 Å². The topological polar surface area (TPSA) is 41.9 Å². The van der Waals surface area contributed by atoms with Crippen LogP contribution in [0.25, 0.3) is 0 Å². The second-order valence-electron chi connectivity index (χ2n) is 5.77. The van der Waals surface area contributed by atoms with E-state index >= 15 is 0 Å². The predicted molar refractivity (Wildman–Crippen MR) is 87.2 cm³/mol. The molecule has 0 radical (unpaired) electrons. The van der Waals surface area contributed by atoms with Gasteiger partial charge in [0.05, 0.1) is 11.2 Å². The fourth-order valence-electron chi connectivity index (χ4n) is 2.87. The molecule has 4 nitrogen and oxygen atoms in total. The van der Waals surface area contributed by atoms with Crippen molar-refractivity contribution in [3.63, 3.8) is 0 Å². The van der Waals surface area contributed by atoms with Gasteiger partial charge in [0.15, 0.2) is 0 Å². The lowest BCUT2D eigenvalue weighted by Crippen LogP contribution is -2.24. The number of hydrogen-bond donors (Lipinski definition) is 0. The SMILES string of the molecule is Cc1ncsc1CCN(C)c1nc(C)c2c(n1)CCCC2. The number of aryl methyl sites for hydroxylation is 3. The van der Waals surface area contributed by atoms with E-state index in [4.69, 9.17) is 9.97 Å². The zero-order chi connectivity index (χ0) is 14.8. The highest BCUT2D eigenvalue weighted by Gasteiger charge is 2.17. The molecule has 0 aliphatic heterocycles. The third-order valence-corrected chi connectivity index (χ3v) is 5.23. The zero-order valence-corrected chi connectivity index (χ0v) is 13.8. The van der Waals surface area contributed by atoms with Gasteiger partial charge in [-0.2, -0.15) is 0 Å². The van der Waals surface area contributed by atoms with E-state index in [0.29, 0.717) is 0 Å². The molecule has 3 rings (SSSR count). The van der Waals surface area contributed by atoms with Gasteiger partial charge < -0.3 is 4.90 Å². The van der Waals surface area contributed by atoms with Crippen molar-refractivity contribution in [3.05, 3.63) is 33.0 Å². The van der Waals surface area contributed by atoms with Crippen molar-refractivity contribution in [1.82, 2.24) is 15.0 Å². The first kappa shape index (κ1) is 14.4. The van der Waals surface area contributed by atoms with Gasteiger partial charge >= 0.3 is 0 Å². The van der Waals surface area contributed by atoms with Crippen LogP contribution in [0, 0.1) is 13.8 Å². The van der Waals surface area contributed by atoms with E-state index < -0.39 is 0 Å². The standard InChI is InChI=1S/C16H22N4S/c1-11-13-6-4-5-7-14(13)19-16(18-11)20(3)9-8-15-12(2)17-10-21-15/h10H,4-9H2,1-3H3. The summed E-state index contributed by atoms with van der Waals surface area (Å²) in [5.74, 6) is 0.871. The maximum absolute atomic E-state index is 4.80. The van der Waals surface area contributed by atoms with E-state index in [9.17, 15) is 0 Å². The lowest BCUT2D eigenvalue weighted by molar-refractivity contribution is 0.653. The number of thiazole rings is 1. The van der Waals surface area contributed by atoms with Crippen LogP contribution in [0.4, 0.5) is 5.95 Å². The van der Waals surface area contributed by atoms with Crippen LogP contribution in [0.1, 0.15) is 40.4 Å². The molecule has 0 unspecified atom stereocenters. The van der Waals surface area contributed by atoms with Crippen LogP contribution < -0.4 is 4.90 Å². The number of nitrogens with zero attached hydrogens (tertiary/aromatic N) is 4. The highest BCUT2D eigenvalue weighted by molar-refractivity contribution is 7.09. The van der Waals surface area contributed by atoms with Gasteiger partial charge in [0.1, 0.15) is 0 Å². The number of hydrogen-bond acceptors (Lipinski definition) is 5. The Bertz CT molecular complexity index is 635. The Balaban J connectivity index is 1.74. The molecule has 0 saturated carbocycles. The van der Waals surface area contributed by atoms with E-state index in [1.165, 1.54) is 29.0 Å². The first-order valence-corrected chi connectivity index (χ1v) is 8.49. The molecule has 0 atom stereocenters. The monoisotopic (exact) mass is 302 g/mol. The molecule has 0 aromatic carbocycles. The van der Waals surface area contributed by atoms with Crippen molar-refractivity contribution in [2.45, 2.75) is 46.0 Å². The third-order valence-electron chi connectivity index (χ3n) is 4.24. The van der Waals surface area contributed by atoms with E-state index in [1.54, 1.807) is 11.3 Å². The molecule has 2 aromatic rings. The van der Waals surface area contributed by atoms with Gasteiger partial charge in [0, 0.05) is 36.3 Å². The summed E-state index contributed by atoms with van der Waals surface area (Å²) in [5.41, 5.74) is 6.89. The first-order valence-electron chi connectivity index (χ1n) is 7.61. The first-order chi connectivity index (χ1) is 10.1. The molecular formula is C16H22N4S. The highest BCUT2D eigenvalue weighted by Crippen LogP contribution is 2.24. The van der Waals surface area contributed by atoms with E-state index in [1.807, 2.05) is 5.51 Å². The maximum atomic E-state index is 4.80. The van der Waals surface area contributed by atoms with Gasteiger partial charge in [0.2, 0.25) is 5.95 Å². The van der Waals surface area contributed by atoms with Gasteiger partial charge in [-0.05, 0) is 45.1 Å². The molecule has 21 heavy (non-hydrogen) atoms. The van der Waals surface area contributed by atoms with E-state index in [-0.39, 0.29) is 0 Å². The van der Waals surface area contributed by atoms with Crippen LogP contribution in [-0.4, -0.2) is 28.5 Å². The minimum atomic E-state index is 0.871. The minimum Gasteiger partial charge on any atom is -0.344 e. The molecule has 1 aliphatic rings. The number of aromatic nitrogens is 3. The molecular weight excluding hydrogens is 280 g/mol. The Morgan fingerprint density at radius 1 is 1.14 bits per heavy atom. The smallest absolute Gasteiger partial charge is 0.225 e. The summed E-state index contributed by atoms with van der Waals surface area (Å²) in [6.45, 7) is 5.13.